The van der Waals surface area contributed by atoms with Crippen LogP contribution >= 0.6 is 15.9 Å². The first kappa shape index (κ1) is 15.4. The van der Waals surface area contributed by atoms with Crippen molar-refractivity contribution in [3.05, 3.63) is 28.7 Å². The van der Waals surface area contributed by atoms with Gasteiger partial charge >= 0.3 is 0 Å². The summed E-state index contributed by atoms with van der Waals surface area (Å²) in [7, 11) is 0. The normalized spacial score (nSPS) is 12.4. The van der Waals surface area contributed by atoms with Gasteiger partial charge in [0.05, 0.1) is 25.9 Å². The van der Waals surface area contributed by atoms with E-state index in [1.54, 1.807) is 0 Å². The van der Waals surface area contributed by atoms with Crippen molar-refractivity contribution in [2.45, 2.75) is 13.0 Å². The summed E-state index contributed by atoms with van der Waals surface area (Å²) >= 11 is 3.39. The first-order valence-electron chi connectivity index (χ1n) is 6.05. The van der Waals surface area contributed by atoms with E-state index >= 15 is 0 Å². The second-order valence-electron chi connectivity index (χ2n) is 3.82. The maximum atomic E-state index is 9.70. The third kappa shape index (κ3) is 6.96. The molecule has 0 radical (unpaired) electrons. The van der Waals surface area contributed by atoms with Crippen LogP contribution in [0, 0.1) is 0 Å². The fourth-order valence-electron chi connectivity index (χ4n) is 1.37. The van der Waals surface area contributed by atoms with Gasteiger partial charge in [-0.2, -0.15) is 0 Å². The maximum absolute atomic E-state index is 9.70. The zero-order valence-electron chi connectivity index (χ0n) is 10.6. The first-order chi connectivity index (χ1) is 8.72. The Kier molecular flexibility index (Phi) is 8.00. The van der Waals surface area contributed by atoms with Crippen molar-refractivity contribution < 1.29 is 14.6 Å². The molecule has 0 aliphatic heterocycles. The van der Waals surface area contributed by atoms with Crippen molar-refractivity contribution in [2.75, 3.05) is 38.3 Å². The molecule has 2 N–H and O–H groups in total. The van der Waals surface area contributed by atoms with Gasteiger partial charge in [0.2, 0.25) is 0 Å². The van der Waals surface area contributed by atoms with E-state index in [1.165, 1.54) is 0 Å². The molecule has 0 fully saturated rings. The van der Waals surface area contributed by atoms with Crippen LogP contribution in [-0.4, -0.2) is 44.2 Å². The van der Waals surface area contributed by atoms with Gasteiger partial charge in [-0.15, -0.1) is 0 Å². The third-order valence-corrected chi connectivity index (χ3v) is 2.75. The molecule has 0 saturated carbocycles. The van der Waals surface area contributed by atoms with E-state index in [2.05, 4.69) is 21.2 Å². The van der Waals surface area contributed by atoms with E-state index < -0.39 is 6.10 Å². The summed E-state index contributed by atoms with van der Waals surface area (Å²) in [6.07, 6.45) is -0.523. The first-order valence-corrected chi connectivity index (χ1v) is 6.84. The Morgan fingerprint density at radius 2 is 2.11 bits per heavy atom. The van der Waals surface area contributed by atoms with Crippen molar-refractivity contribution >= 4 is 21.6 Å². The molecule has 1 unspecified atom stereocenters. The van der Waals surface area contributed by atoms with Gasteiger partial charge in [-0.3, -0.25) is 0 Å². The quantitative estimate of drug-likeness (QED) is 0.686. The van der Waals surface area contributed by atoms with E-state index in [1.807, 2.05) is 31.2 Å². The summed E-state index contributed by atoms with van der Waals surface area (Å²) in [4.78, 5) is 0. The average molecular weight is 318 g/mol. The van der Waals surface area contributed by atoms with Gasteiger partial charge in [-0.05, 0) is 25.1 Å². The zero-order valence-corrected chi connectivity index (χ0v) is 12.1. The lowest BCUT2D eigenvalue weighted by Gasteiger charge is -2.13. The number of anilines is 1. The van der Waals surface area contributed by atoms with Crippen molar-refractivity contribution in [3.63, 3.8) is 0 Å². The minimum atomic E-state index is -0.523. The number of hydrogen-bond donors (Lipinski definition) is 2. The predicted octanol–water partition coefficient (Wildman–Crippen LogP) is 2.27. The van der Waals surface area contributed by atoms with Crippen LogP contribution < -0.4 is 5.32 Å². The second kappa shape index (κ2) is 9.33. The summed E-state index contributed by atoms with van der Waals surface area (Å²) in [6.45, 7) is 4.50. The number of ether oxygens (including phenoxy) is 2. The highest BCUT2D eigenvalue weighted by Crippen LogP contribution is 2.15. The topological polar surface area (TPSA) is 50.7 Å². The molecule has 102 valence electrons. The van der Waals surface area contributed by atoms with Gasteiger partial charge in [0.1, 0.15) is 0 Å². The predicted molar refractivity (Wildman–Crippen MR) is 76.0 cm³/mol. The lowest BCUT2D eigenvalue weighted by atomic mass is 10.3. The lowest BCUT2D eigenvalue weighted by molar-refractivity contribution is 0.0103. The van der Waals surface area contributed by atoms with E-state index in [4.69, 9.17) is 9.47 Å². The third-order valence-electron chi connectivity index (χ3n) is 2.25. The van der Waals surface area contributed by atoms with Gasteiger partial charge in [0.15, 0.2) is 0 Å². The Balaban J connectivity index is 2.11. The Bertz CT molecular complexity index is 336. The summed E-state index contributed by atoms with van der Waals surface area (Å²) in [5.41, 5.74) is 0.970. The monoisotopic (exact) mass is 317 g/mol. The minimum absolute atomic E-state index is 0.314. The van der Waals surface area contributed by atoms with Gasteiger partial charge in [-0.1, -0.05) is 22.0 Å². The van der Waals surface area contributed by atoms with Crippen LogP contribution in [0.15, 0.2) is 28.7 Å². The molecular weight excluding hydrogens is 298 g/mol. The SMILES string of the molecule is CCOCCOCC(O)CNc1cccc(Br)c1. The molecule has 4 nitrogen and oxygen atoms in total. The molecular formula is C13H20BrNO3. The highest BCUT2D eigenvalue weighted by molar-refractivity contribution is 9.10. The van der Waals surface area contributed by atoms with Crippen LogP contribution in [0.1, 0.15) is 6.92 Å². The largest absolute Gasteiger partial charge is 0.389 e. The van der Waals surface area contributed by atoms with Gasteiger partial charge in [0, 0.05) is 23.3 Å². The molecule has 0 heterocycles. The lowest BCUT2D eigenvalue weighted by Crippen LogP contribution is -2.25. The minimum Gasteiger partial charge on any atom is -0.389 e. The molecule has 5 heteroatoms. The number of aliphatic hydroxyl groups excluding tert-OH is 1. The molecule has 0 aromatic heterocycles. The number of halogens is 1. The molecule has 0 aliphatic carbocycles. The number of hydrogen-bond acceptors (Lipinski definition) is 4. The number of nitrogens with one attached hydrogen (secondary N) is 1. The van der Waals surface area contributed by atoms with Gasteiger partial charge < -0.3 is 19.9 Å². The molecule has 0 aliphatic rings. The Hall–Kier alpha value is -0.620. The Morgan fingerprint density at radius 1 is 1.33 bits per heavy atom. The molecule has 0 amide bonds. The smallest absolute Gasteiger partial charge is 0.0945 e. The van der Waals surface area contributed by atoms with Crippen molar-refractivity contribution in [3.8, 4) is 0 Å². The highest BCUT2D eigenvalue weighted by Gasteiger charge is 2.04. The molecule has 1 aromatic rings. The van der Waals surface area contributed by atoms with Crippen LogP contribution in [0.5, 0.6) is 0 Å². The highest BCUT2D eigenvalue weighted by atomic mass is 79.9. The van der Waals surface area contributed by atoms with E-state index in [0.717, 1.165) is 10.2 Å². The second-order valence-corrected chi connectivity index (χ2v) is 4.73. The van der Waals surface area contributed by atoms with Crippen LogP contribution in [0.4, 0.5) is 5.69 Å². The molecule has 0 spiro atoms. The average Bonchev–Trinajstić information content (AvgIpc) is 2.36. The summed E-state index contributed by atoms with van der Waals surface area (Å²) in [5, 5.41) is 12.8. The van der Waals surface area contributed by atoms with Crippen LogP contribution in [-0.2, 0) is 9.47 Å². The molecule has 1 aromatic carbocycles. The molecule has 18 heavy (non-hydrogen) atoms. The standard InChI is InChI=1S/C13H20BrNO3/c1-2-17-6-7-18-10-13(16)9-15-12-5-3-4-11(14)8-12/h3-5,8,13,15-16H,2,6-7,9-10H2,1H3. The summed E-state index contributed by atoms with van der Waals surface area (Å²) < 4.78 is 11.4. The Labute approximate surface area is 116 Å². The fourth-order valence-corrected chi connectivity index (χ4v) is 1.77. The van der Waals surface area contributed by atoms with Crippen LogP contribution in [0.2, 0.25) is 0 Å². The van der Waals surface area contributed by atoms with E-state index in [0.29, 0.717) is 33.0 Å². The zero-order chi connectivity index (χ0) is 13.2. The summed E-state index contributed by atoms with van der Waals surface area (Å²) in [6, 6.07) is 7.81. The Morgan fingerprint density at radius 3 is 2.83 bits per heavy atom. The number of benzene rings is 1. The van der Waals surface area contributed by atoms with Crippen molar-refractivity contribution in [1.29, 1.82) is 0 Å². The van der Waals surface area contributed by atoms with Crippen LogP contribution in [0.3, 0.4) is 0 Å². The molecule has 1 atom stereocenters. The molecule has 0 saturated heterocycles. The van der Waals surface area contributed by atoms with E-state index in [-0.39, 0.29) is 0 Å². The van der Waals surface area contributed by atoms with Gasteiger partial charge in [-0.25, -0.2) is 0 Å². The van der Waals surface area contributed by atoms with Gasteiger partial charge in [0.25, 0.3) is 0 Å². The van der Waals surface area contributed by atoms with Crippen LogP contribution in [0.25, 0.3) is 0 Å². The number of aliphatic hydroxyl groups is 1. The molecule has 1 rings (SSSR count). The summed E-state index contributed by atoms with van der Waals surface area (Å²) in [5.74, 6) is 0. The van der Waals surface area contributed by atoms with Crippen molar-refractivity contribution in [2.24, 2.45) is 0 Å². The molecule has 0 bridgehead atoms. The van der Waals surface area contributed by atoms with Crippen molar-refractivity contribution in [1.82, 2.24) is 0 Å². The maximum Gasteiger partial charge on any atom is 0.0945 e. The van der Waals surface area contributed by atoms with E-state index in [9.17, 15) is 5.11 Å². The number of rotatable bonds is 9. The fraction of sp³-hybridized carbons (Fsp3) is 0.538.